The molecule has 8 nitrogen and oxygen atoms in total. The van der Waals surface area contributed by atoms with Gasteiger partial charge in [-0.1, -0.05) is 18.2 Å². The van der Waals surface area contributed by atoms with Crippen molar-refractivity contribution in [1.29, 1.82) is 0 Å². The van der Waals surface area contributed by atoms with Crippen LogP contribution in [0.1, 0.15) is 6.42 Å². The van der Waals surface area contributed by atoms with Crippen LogP contribution in [0, 0.1) is 16.0 Å². The maximum absolute atomic E-state index is 12.6. The second-order valence-corrected chi connectivity index (χ2v) is 5.87. The van der Waals surface area contributed by atoms with Gasteiger partial charge in [0.15, 0.2) is 0 Å². The molecule has 0 unspecified atom stereocenters. The van der Waals surface area contributed by atoms with E-state index in [1.807, 2.05) is 30.3 Å². The molecule has 1 atom stereocenters. The highest BCUT2D eigenvalue weighted by Gasteiger charge is 2.35. The first kappa shape index (κ1) is 17.4. The molecule has 2 aromatic carbocycles. The average Bonchev–Trinajstić information content (AvgIpc) is 3.04. The number of para-hydroxylation sites is 1. The minimum Gasteiger partial charge on any atom is -0.495 e. The summed E-state index contributed by atoms with van der Waals surface area (Å²) in [6.45, 7) is 0.256. The SMILES string of the molecule is COc1ccc([N+](=O)[O-])cc1NC(=O)[C@@H]1CC(=O)N(c2ccccc2)C1. The first-order valence-electron chi connectivity index (χ1n) is 7.98. The normalized spacial score (nSPS) is 16.4. The van der Waals surface area contributed by atoms with Gasteiger partial charge in [0.1, 0.15) is 5.75 Å². The van der Waals surface area contributed by atoms with E-state index >= 15 is 0 Å². The van der Waals surface area contributed by atoms with Gasteiger partial charge < -0.3 is 15.0 Å². The zero-order valence-corrected chi connectivity index (χ0v) is 14.0. The van der Waals surface area contributed by atoms with Crippen LogP contribution >= 0.6 is 0 Å². The Morgan fingerprint density at radius 2 is 2.00 bits per heavy atom. The summed E-state index contributed by atoms with van der Waals surface area (Å²) in [6.07, 6.45) is 0.0813. The number of nitro groups is 1. The number of anilines is 2. The summed E-state index contributed by atoms with van der Waals surface area (Å²) >= 11 is 0. The monoisotopic (exact) mass is 355 g/mol. The maximum atomic E-state index is 12.6. The number of non-ortho nitro benzene ring substituents is 1. The molecule has 0 bridgehead atoms. The van der Waals surface area contributed by atoms with Gasteiger partial charge in [-0.25, -0.2) is 0 Å². The minimum absolute atomic E-state index is 0.0813. The second-order valence-electron chi connectivity index (χ2n) is 5.87. The number of benzene rings is 2. The van der Waals surface area contributed by atoms with Crippen molar-refractivity contribution in [2.75, 3.05) is 23.9 Å². The molecule has 0 spiro atoms. The molecule has 0 saturated carbocycles. The first-order valence-corrected chi connectivity index (χ1v) is 7.98. The predicted molar refractivity (Wildman–Crippen MR) is 95.2 cm³/mol. The van der Waals surface area contributed by atoms with Crippen LogP contribution in [0.2, 0.25) is 0 Å². The molecular formula is C18H17N3O5. The third-order valence-corrected chi connectivity index (χ3v) is 4.22. The number of methoxy groups -OCH3 is 1. The molecule has 1 aliphatic heterocycles. The van der Waals surface area contributed by atoms with Crippen LogP contribution in [-0.2, 0) is 9.59 Å². The number of nitro benzene ring substituents is 1. The van der Waals surface area contributed by atoms with Crippen molar-refractivity contribution in [3.05, 3.63) is 58.6 Å². The Kier molecular flexibility index (Phi) is 4.83. The van der Waals surface area contributed by atoms with Crippen LogP contribution in [0.3, 0.4) is 0 Å². The van der Waals surface area contributed by atoms with Crippen molar-refractivity contribution >= 4 is 28.9 Å². The molecule has 2 aromatic rings. The number of hydrogen-bond acceptors (Lipinski definition) is 5. The molecular weight excluding hydrogens is 338 g/mol. The highest BCUT2D eigenvalue weighted by atomic mass is 16.6. The van der Waals surface area contributed by atoms with E-state index in [2.05, 4.69) is 5.32 Å². The summed E-state index contributed by atoms with van der Waals surface area (Å²) < 4.78 is 5.14. The largest absolute Gasteiger partial charge is 0.495 e. The Bertz CT molecular complexity index is 853. The highest BCUT2D eigenvalue weighted by molar-refractivity contribution is 6.04. The van der Waals surface area contributed by atoms with E-state index in [0.29, 0.717) is 5.75 Å². The van der Waals surface area contributed by atoms with E-state index in [1.54, 1.807) is 4.90 Å². The fraction of sp³-hybridized carbons (Fsp3) is 0.222. The topological polar surface area (TPSA) is 102 Å². The lowest BCUT2D eigenvalue weighted by Crippen LogP contribution is -2.28. The maximum Gasteiger partial charge on any atom is 0.271 e. The smallest absolute Gasteiger partial charge is 0.271 e. The van der Waals surface area contributed by atoms with Crippen molar-refractivity contribution in [2.24, 2.45) is 5.92 Å². The molecule has 134 valence electrons. The third kappa shape index (κ3) is 3.49. The van der Waals surface area contributed by atoms with E-state index < -0.39 is 10.8 Å². The predicted octanol–water partition coefficient (Wildman–Crippen LogP) is 2.60. The van der Waals surface area contributed by atoms with Gasteiger partial charge in [0.2, 0.25) is 11.8 Å². The zero-order chi connectivity index (χ0) is 18.7. The summed E-state index contributed by atoms with van der Waals surface area (Å²) in [7, 11) is 1.41. The number of ether oxygens (including phenoxy) is 1. The minimum atomic E-state index is -0.550. The van der Waals surface area contributed by atoms with Crippen molar-refractivity contribution in [2.45, 2.75) is 6.42 Å². The van der Waals surface area contributed by atoms with Crippen molar-refractivity contribution in [3.8, 4) is 5.75 Å². The molecule has 0 radical (unpaired) electrons. The van der Waals surface area contributed by atoms with Crippen LogP contribution in [0.25, 0.3) is 0 Å². The Morgan fingerprint density at radius 3 is 2.65 bits per heavy atom. The standard InChI is InChI=1S/C18H17N3O5/c1-26-16-8-7-14(21(24)25)10-15(16)19-18(23)12-9-17(22)20(11-12)13-5-3-2-4-6-13/h2-8,10,12H,9,11H2,1H3,(H,19,23)/t12-/m1/s1. The molecule has 3 rings (SSSR count). The molecule has 1 heterocycles. The van der Waals surface area contributed by atoms with Crippen molar-refractivity contribution < 1.29 is 19.2 Å². The van der Waals surface area contributed by atoms with E-state index in [0.717, 1.165) is 5.69 Å². The second kappa shape index (κ2) is 7.22. The van der Waals surface area contributed by atoms with Gasteiger partial charge in [-0.2, -0.15) is 0 Å². The number of rotatable bonds is 5. The van der Waals surface area contributed by atoms with Crippen LogP contribution in [-0.4, -0.2) is 30.4 Å². The van der Waals surface area contributed by atoms with Crippen LogP contribution in [0.5, 0.6) is 5.75 Å². The van der Waals surface area contributed by atoms with E-state index in [1.165, 1.54) is 25.3 Å². The molecule has 0 aromatic heterocycles. The fourth-order valence-electron chi connectivity index (χ4n) is 2.88. The zero-order valence-electron chi connectivity index (χ0n) is 14.0. The Balaban J connectivity index is 1.76. The molecule has 8 heteroatoms. The fourth-order valence-corrected chi connectivity index (χ4v) is 2.88. The lowest BCUT2D eigenvalue weighted by molar-refractivity contribution is -0.384. The van der Waals surface area contributed by atoms with Gasteiger partial charge in [-0.15, -0.1) is 0 Å². The number of carbonyl (C=O) groups is 2. The number of hydrogen-bond donors (Lipinski definition) is 1. The van der Waals surface area contributed by atoms with Crippen LogP contribution in [0.4, 0.5) is 17.1 Å². The van der Waals surface area contributed by atoms with E-state index in [9.17, 15) is 19.7 Å². The van der Waals surface area contributed by atoms with Gasteiger partial charge >= 0.3 is 0 Å². The number of amides is 2. The number of carbonyl (C=O) groups excluding carboxylic acids is 2. The van der Waals surface area contributed by atoms with Gasteiger partial charge in [0, 0.05) is 30.8 Å². The lowest BCUT2D eigenvalue weighted by atomic mass is 10.1. The molecule has 2 amide bonds. The Morgan fingerprint density at radius 1 is 1.27 bits per heavy atom. The van der Waals surface area contributed by atoms with Crippen LogP contribution < -0.4 is 15.0 Å². The Labute approximate surface area is 149 Å². The van der Waals surface area contributed by atoms with Crippen LogP contribution in [0.15, 0.2) is 48.5 Å². The molecule has 1 fully saturated rings. The summed E-state index contributed by atoms with van der Waals surface area (Å²) in [5.74, 6) is -0.752. The van der Waals surface area contributed by atoms with Gasteiger partial charge in [-0.3, -0.25) is 19.7 Å². The molecule has 1 N–H and O–H groups in total. The molecule has 1 aliphatic rings. The third-order valence-electron chi connectivity index (χ3n) is 4.22. The Hall–Kier alpha value is -3.42. The first-order chi connectivity index (χ1) is 12.5. The molecule has 1 saturated heterocycles. The van der Waals surface area contributed by atoms with Gasteiger partial charge in [-0.05, 0) is 18.2 Å². The number of nitrogens with one attached hydrogen (secondary N) is 1. The van der Waals surface area contributed by atoms with E-state index in [4.69, 9.17) is 4.74 Å². The quantitative estimate of drug-likeness (QED) is 0.656. The van der Waals surface area contributed by atoms with Crippen molar-refractivity contribution in [1.82, 2.24) is 0 Å². The van der Waals surface area contributed by atoms with E-state index in [-0.39, 0.29) is 36.2 Å². The van der Waals surface area contributed by atoms with Crippen molar-refractivity contribution in [3.63, 3.8) is 0 Å². The summed E-state index contributed by atoms with van der Waals surface area (Å²) in [5.41, 5.74) is 0.785. The summed E-state index contributed by atoms with van der Waals surface area (Å²) in [6, 6.07) is 13.1. The highest BCUT2D eigenvalue weighted by Crippen LogP contribution is 2.31. The summed E-state index contributed by atoms with van der Waals surface area (Å²) in [5, 5.41) is 13.6. The average molecular weight is 355 g/mol. The molecule has 26 heavy (non-hydrogen) atoms. The summed E-state index contributed by atoms with van der Waals surface area (Å²) in [4.78, 5) is 36.8. The lowest BCUT2D eigenvalue weighted by Gasteiger charge is -2.17. The van der Waals surface area contributed by atoms with Gasteiger partial charge in [0.25, 0.3) is 5.69 Å². The van der Waals surface area contributed by atoms with Gasteiger partial charge in [0.05, 0.1) is 23.6 Å². The molecule has 0 aliphatic carbocycles. The number of nitrogens with zero attached hydrogens (tertiary/aromatic N) is 2.